The third-order valence-corrected chi connectivity index (χ3v) is 5.93. The van der Waals surface area contributed by atoms with Crippen LogP contribution in [0.15, 0.2) is 23.4 Å². The van der Waals surface area contributed by atoms with Gasteiger partial charge in [0.2, 0.25) is 5.91 Å². The lowest BCUT2D eigenvalue weighted by Crippen LogP contribution is -2.17. The van der Waals surface area contributed by atoms with Crippen molar-refractivity contribution < 1.29 is 33.3 Å². The van der Waals surface area contributed by atoms with Gasteiger partial charge in [0.15, 0.2) is 10.1 Å². The van der Waals surface area contributed by atoms with Gasteiger partial charge in [-0.25, -0.2) is 4.98 Å². The highest BCUT2D eigenvalue weighted by Gasteiger charge is 2.16. The predicted octanol–water partition coefficient (Wildman–Crippen LogP) is 2.51. The molecule has 0 aliphatic rings. The summed E-state index contributed by atoms with van der Waals surface area (Å²) in [6, 6.07) is 4.96. The van der Waals surface area contributed by atoms with Crippen molar-refractivity contribution in [1.82, 2.24) is 4.98 Å². The molecule has 222 valence electrons. The number of hydrogen-bond donors (Lipinski definition) is 4. The summed E-state index contributed by atoms with van der Waals surface area (Å²) in [5, 5.41) is 11.8. The highest BCUT2D eigenvalue weighted by Crippen LogP contribution is 2.31. The zero-order valence-electron chi connectivity index (χ0n) is 22.9. The molecule has 2 amide bonds. The molecule has 1 aromatic carbocycles. The van der Waals surface area contributed by atoms with Gasteiger partial charge < -0.3 is 40.1 Å². The number of amides is 2. The monoisotopic (exact) mass is 582 g/mol. The van der Waals surface area contributed by atoms with Crippen molar-refractivity contribution in [3.05, 3.63) is 34.4 Å². The van der Waals surface area contributed by atoms with E-state index in [1.165, 1.54) is 6.92 Å². The Labute approximate surface area is 237 Å². The number of thiazole rings is 1. The van der Waals surface area contributed by atoms with Crippen molar-refractivity contribution in [2.75, 3.05) is 95.1 Å². The van der Waals surface area contributed by atoms with Gasteiger partial charge in [-0.3, -0.25) is 14.9 Å². The molecule has 0 saturated carbocycles. The molecule has 1 aromatic heterocycles. The number of hydrogen-bond acceptors (Lipinski definition) is 13. The number of ether oxygens (including phenoxy) is 5. The molecule has 0 aliphatic carbocycles. The molecule has 15 heteroatoms. The van der Waals surface area contributed by atoms with Crippen molar-refractivity contribution >= 4 is 44.7 Å². The normalized spacial score (nSPS) is 10.9. The van der Waals surface area contributed by atoms with Crippen molar-refractivity contribution in [2.45, 2.75) is 13.8 Å². The van der Waals surface area contributed by atoms with Crippen LogP contribution in [0.1, 0.15) is 23.0 Å². The topological polar surface area (TPSA) is 185 Å². The number of aryl methyl sites for hydroxylation is 1. The van der Waals surface area contributed by atoms with Crippen LogP contribution in [0.2, 0.25) is 0 Å². The summed E-state index contributed by atoms with van der Waals surface area (Å²) >= 11 is 0.972. The minimum absolute atomic E-state index is 0.193. The molecule has 40 heavy (non-hydrogen) atoms. The van der Waals surface area contributed by atoms with Crippen LogP contribution in [0.4, 0.5) is 21.5 Å². The van der Waals surface area contributed by atoms with E-state index in [4.69, 9.17) is 29.4 Å². The first-order valence-corrected chi connectivity index (χ1v) is 13.6. The lowest BCUT2D eigenvalue weighted by atomic mass is 10.1. The first-order chi connectivity index (χ1) is 19.4. The maximum Gasteiger partial charge on any atom is 0.259 e. The van der Waals surface area contributed by atoms with E-state index in [9.17, 15) is 14.5 Å². The van der Waals surface area contributed by atoms with Gasteiger partial charge in [-0.2, -0.15) is 0 Å². The van der Waals surface area contributed by atoms with Gasteiger partial charge in [-0.15, -0.1) is 4.91 Å². The van der Waals surface area contributed by atoms with Crippen LogP contribution >= 0.6 is 11.3 Å². The SMILES string of the molecule is CC(=O)Nc1cc(NCCOCCOCCOCCOCCOCCN)ccc1C(=O)Nc1nc(C)c(N=O)s1. The molecule has 0 spiro atoms. The average molecular weight is 583 g/mol. The number of anilines is 3. The standard InChI is InChI=1S/C25H38N6O8S/c1-18-24(31-34)40-25(28-18)30-23(33)21-4-3-20(17-22(21)29-19(2)32)27-6-8-36-10-12-38-14-16-39-15-13-37-11-9-35-7-5-26/h3-4,17,27H,5-16,26H2,1-2H3,(H,29,32)(H,28,30,33). The number of nitrogens with zero attached hydrogens (tertiary/aromatic N) is 2. The molecule has 1 heterocycles. The molecule has 2 rings (SSSR count). The Hall–Kier alpha value is -3.05. The second-order valence-electron chi connectivity index (χ2n) is 8.17. The van der Waals surface area contributed by atoms with Crippen molar-refractivity contribution in [3.63, 3.8) is 0 Å². The van der Waals surface area contributed by atoms with Crippen LogP contribution in [-0.4, -0.2) is 96.0 Å². The van der Waals surface area contributed by atoms with E-state index in [0.717, 1.165) is 11.3 Å². The van der Waals surface area contributed by atoms with Gasteiger partial charge in [0.1, 0.15) is 0 Å². The number of nitroso groups, excluding NO2 is 1. The van der Waals surface area contributed by atoms with Gasteiger partial charge in [0.05, 0.1) is 83.0 Å². The minimum atomic E-state index is -0.479. The van der Waals surface area contributed by atoms with Gasteiger partial charge in [-0.05, 0) is 30.3 Å². The fourth-order valence-electron chi connectivity index (χ4n) is 3.17. The number of nitrogens with one attached hydrogen (secondary N) is 3. The molecule has 0 unspecified atom stereocenters. The molecule has 14 nitrogen and oxygen atoms in total. The Morgan fingerprint density at radius 3 is 2.00 bits per heavy atom. The molecule has 0 fully saturated rings. The molecule has 0 atom stereocenters. The third kappa shape index (κ3) is 13.3. The Morgan fingerprint density at radius 2 is 1.48 bits per heavy atom. The highest BCUT2D eigenvalue weighted by molar-refractivity contribution is 7.19. The maximum absolute atomic E-state index is 12.8. The number of carbonyl (C=O) groups excluding carboxylic acids is 2. The van der Waals surface area contributed by atoms with E-state index in [1.54, 1.807) is 25.1 Å². The van der Waals surface area contributed by atoms with Crippen LogP contribution in [0, 0.1) is 11.8 Å². The second-order valence-corrected chi connectivity index (χ2v) is 9.15. The lowest BCUT2D eigenvalue weighted by molar-refractivity contribution is -0.114. The van der Waals surface area contributed by atoms with Gasteiger partial charge >= 0.3 is 0 Å². The van der Waals surface area contributed by atoms with E-state index in [-0.39, 0.29) is 21.6 Å². The number of nitrogens with two attached hydrogens (primary N) is 1. The Balaban J connectivity index is 1.61. The zero-order valence-corrected chi connectivity index (χ0v) is 23.7. The smallest absolute Gasteiger partial charge is 0.259 e. The number of aromatic nitrogens is 1. The molecule has 0 aliphatic heterocycles. The predicted molar refractivity (Wildman–Crippen MR) is 153 cm³/mol. The molecular weight excluding hydrogens is 544 g/mol. The Kier molecular flexibility index (Phi) is 16.5. The first-order valence-electron chi connectivity index (χ1n) is 12.8. The van der Waals surface area contributed by atoms with Crippen molar-refractivity contribution in [3.8, 4) is 0 Å². The summed E-state index contributed by atoms with van der Waals surface area (Å²) in [7, 11) is 0. The van der Waals surface area contributed by atoms with Crippen LogP contribution in [0.3, 0.4) is 0 Å². The Morgan fingerprint density at radius 1 is 0.900 bits per heavy atom. The van der Waals surface area contributed by atoms with Gasteiger partial charge in [0, 0.05) is 25.7 Å². The highest BCUT2D eigenvalue weighted by atomic mass is 32.1. The molecule has 2 aromatic rings. The van der Waals surface area contributed by atoms with Gasteiger partial charge in [0.25, 0.3) is 5.91 Å². The minimum Gasteiger partial charge on any atom is -0.383 e. The molecular formula is C25H38N6O8S. The summed E-state index contributed by atoms with van der Waals surface area (Å²) in [5.74, 6) is -0.803. The van der Waals surface area contributed by atoms with E-state index in [1.807, 2.05) is 0 Å². The molecule has 0 radical (unpaired) electrons. The number of rotatable bonds is 22. The zero-order chi connectivity index (χ0) is 29.0. The van der Waals surface area contributed by atoms with Crippen LogP contribution < -0.4 is 21.7 Å². The molecule has 0 saturated heterocycles. The second kappa shape index (κ2) is 19.9. The molecule has 0 bridgehead atoms. The molecule has 5 N–H and O–H groups in total. The summed E-state index contributed by atoms with van der Waals surface area (Å²) in [6.07, 6.45) is 0. The summed E-state index contributed by atoms with van der Waals surface area (Å²) in [6.45, 7) is 8.79. The number of benzene rings is 1. The third-order valence-electron chi connectivity index (χ3n) is 4.98. The fourth-order valence-corrected chi connectivity index (χ4v) is 3.91. The van der Waals surface area contributed by atoms with E-state index in [2.05, 4.69) is 26.1 Å². The maximum atomic E-state index is 12.8. The quantitative estimate of drug-likeness (QED) is 0.118. The fraction of sp³-hybridized carbons (Fsp3) is 0.560. The number of carbonyl (C=O) groups is 2. The first kappa shape index (κ1) is 33.2. The van der Waals surface area contributed by atoms with Crippen LogP contribution in [-0.2, 0) is 28.5 Å². The van der Waals surface area contributed by atoms with E-state index >= 15 is 0 Å². The summed E-state index contributed by atoms with van der Waals surface area (Å²) < 4.78 is 27.0. The van der Waals surface area contributed by atoms with Crippen LogP contribution in [0.25, 0.3) is 0 Å². The largest absolute Gasteiger partial charge is 0.383 e. The summed E-state index contributed by atoms with van der Waals surface area (Å²) in [4.78, 5) is 39.4. The van der Waals surface area contributed by atoms with E-state index < -0.39 is 5.91 Å². The van der Waals surface area contributed by atoms with E-state index in [0.29, 0.717) is 96.2 Å². The lowest BCUT2D eigenvalue weighted by Gasteiger charge is -2.13. The van der Waals surface area contributed by atoms with Crippen molar-refractivity contribution in [1.29, 1.82) is 0 Å². The average Bonchev–Trinajstić information content (AvgIpc) is 3.28. The Bertz CT molecular complexity index is 1050. The summed E-state index contributed by atoms with van der Waals surface area (Å²) in [5.41, 5.74) is 7.02. The van der Waals surface area contributed by atoms with Crippen LogP contribution in [0.5, 0.6) is 0 Å². The van der Waals surface area contributed by atoms with Crippen molar-refractivity contribution in [2.24, 2.45) is 10.9 Å². The van der Waals surface area contributed by atoms with Gasteiger partial charge in [-0.1, -0.05) is 11.3 Å².